The summed E-state index contributed by atoms with van der Waals surface area (Å²) in [7, 11) is 0. The van der Waals surface area contributed by atoms with Crippen LogP contribution in [-0.4, -0.2) is 23.3 Å². The van der Waals surface area contributed by atoms with Crippen molar-refractivity contribution in [2.45, 2.75) is 13.3 Å². The van der Waals surface area contributed by atoms with Gasteiger partial charge < -0.3 is 4.74 Å². The predicted molar refractivity (Wildman–Crippen MR) is 90.6 cm³/mol. The Morgan fingerprint density at radius 1 is 1.13 bits per heavy atom. The van der Waals surface area contributed by atoms with Crippen LogP contribution in [0.4, 0.5) is 0 Å². The highest BCUT2D eigenvalue weighted by Gasteiger charge is 2.22. The van der Waals surface area contributed by atoms with Gasteiger partial charge in [-0.05, 0) is 24.6 Å². The SMILES string of the molecule is CCOC(=O)CC(=O)c1sc2ncccc2c1-c1ccccc1. The molecule has 0 fully saturated rings. The number of benzene rings is 1. The van der Waals surface area contributed by atoms with E-state index < -0.39 is 5.97 Å². The van der Waals surface area contributed by atoms with Crippen LogP contribution in [0.3, 0.4) is 0 Å². The second-order valence-corrected chi connectivity index (χ2v) is 5.93. The molecular weight excluding hydrogens is 310 g/mol. The zero-order chi connectivity index (χ0) is 16.2. The molecule has 4 nitrogen and oxygen atoms in total. The Labute approximate surface area is 137 Å². The first-order chi connectivity index (χ1) is 11.2. The van der Waals surface area contributed by atoms with Crippen molar-refractivity contribution in [2.24, 2.45) is 0 Å². The molecular formula is C18H15NO3S. The zero-order valence-corrected chi connectivity index (χ0v) is 13.4. The Hall–Kier alpha value is -2.53. The molecule has 0 radical (unpaired) electrons. The molecule has 1 aromatic carbocycles. The summed E-state index contributed by atoms with van der Waals surface area (Å²) in [5.41, 5.74) is 1.78. The third kappa shape index (κ3) is 3.14. The van der Waals surface area contributed by atoms with Gasteiger partial charge in [-0.3, -0.25) is 9.59 Å². The van der Waals surface area contributed by atoms with Crippen molar-refractivity contribution >= 4 is 33.3 Å². The first-order valence-electron chi connectivity index (χ1n) is 7.32. The van der Waals surface area contributed by atoms with E-state index in [4.69, 9.17) is 4.74 Å². The van der Waals surface area contributed by atoms with Gasteiger partial charge in [0.15, 0.2) is 5.78 Å². The number of hydrogen-bond donors (Lipinski definition) is 0. The van der Waals surface area contributed by atoms with Gasteiger partial charge in [-0.2, -0.15) is 0 Å². The summed E-state index contributed by atoms with van der Waals surface area (Å²) in [6, 6.07) is 13.5. The number of pyridine rings is 1. The largest absolute Gasteiger partial charge is 0.466 e. The van der Waals surface area contributed by atoms with Gasteiger partial charge in [0.1, 0.15) is 11.3 Å². The van der Waals surface area contributed by atoms with Gasteiger partial charge in [-0.15, -0.1) is 11.3 Å². The summed E-state index contributed by atoms with van der Waals surface area (Å²) in [5, 5.41) is 0.927. The summed E-state index contributed by atoms with van der Waals surface area (Å²) >= 11 is 1.32. The van der Waals surface area contributed by atoms with Crippen LogP contribution in [0.15, 0.2) is 48.7 Å². The summed E-state index contributed by atoms with van der Waals surface area (Å²) in [6.07, 6.45) is 1.45. The molecule has 0 atom stereocenters. The maximum atomic E-state index is 12.6. The normalized spacial score (nSPS) is 10.7. The third-order valence-electron chi connectivity index (χ3n) is 3.39. The molecule has 3 rings (SSSR count). The first kappa shape index (κ1) is 15.4. The lowest BCUT2D eigenvalue weighted by Gasteiger charge is -2.04. The maximum absolute atomic E-state index is 12.6. The highest BCUT2D eigenvalue weighted by atomic mass is 32.1. The van der Waals surface area contributed by atoms with E-state index in [1.807, 2.05) is 42.5 Å². The minimum atomic E-state index is -0.498. The molecule has 0 aliphatic carbocycles. The van der Waals surface area contributed by atoms with E-state index in [-0.39, 0.29) is 18.8 Å². The molecule has 0 spiro atoms. The van der Waals surface area contributed by atoms with Crippen LogP contribution in [0, 0.1) is 0 Å². The van der Waals surface area contributed by atoms with Gasteiger partial charge in [-0.1, -0.05) is 30.3 Å². The maximum Gasteiger partial charge on any atom is 0.313 e. The number of aromatic nitrogens is 1. The Morgan fingerprint density at radius 2 is 1.91 bits per heavy atom. The van der Waals surface area contributed by atoms with Gasteiger partial charge in [0.25, 0.3) is 0 Å². The molecule has 116 valence electrons. The van der Waals surface area contributed by atoms with Crippen molar-refractivity contribution in [2.75, 3.05) is 6.61 Å². The summed E-state index contributed by atoms with van der Waals surface area (Å²) in [6.45, 7) is 1.99. The Balaban J connectivity index is 2.09. The fourth-order valence-electron chi connectivity index (χ4n) is 2.44. The van der Waals surface area contributed by atoms with Gasteiger partial charge >= 0.3 is 5.97 Å². The Bertz CT molecular complexity index is 855. The van der Waals surface area contributed by atoms with Crippen molar-refractivity contribution in [1.82, 2.24) is 4.98 Å². The van der Waals surface area contributed by atoms with Crippen LogP contribution >= 0.6 is 11.3 Å². The van der Waals surface area contributed by atoms with Crippen LogP contribution in [-0.2, 0) is 9.53 Å². The van der Waals surface area contributed by atoms with Crippen molar-refractivity contribution in [3.05, 3.63) is 53.5 Å². The Kier molecular flexibility index (Phi) is 4.48. The summed E-state index contributed by atoms with van der Waals surface area (Å²) in [4.78, 5) is 29.9. The number of nitrogens with zero attached hydrogens (tertiary/aromatic N) is 1. The van der Waals surface area contributed by atoms with Crippen LogP contribution in [0.5, 0.6) is 0 Å². The topological polar surface area (TPSA) is 56.3 Å². The van der Waals surface area contributed by atoms with Crippen LogP contribution in [0.1, 0.15) is 23.0 Å². The number of ketones is 1. The van der Waals surface area contributed by atoms with Crippen molar-refractivity contribution in [1.29, 1.82) is 0 Å². The lowest BCUT2D eigenvalue weighted by atomic mass is 10.0. The molecule has 3 aromatic rings. The van der Waals surface area contributed by atoms with E-state index >= 15 is 0 Å². The number of hydrogen-bond acceptors (Lipinski definition) is 5. The molecule has 0 saturated carbocycles. The monoisotopic (exact) mass is 325 g/mol. The van der Waals surface area contributed by atoms with Crippen LogP contribution in [0.25, 0.3) is 21.3 Å². The molecule has 23 heavy (non-hydrogen) atoms. The van der Waals surface area contributed by atoms with Gasteiger partial charge in [0.2, 0.25) is 0 Å². The number of ether oxygens (including phenoxy) is 1. The standard InChI is InChI=1S/C18H15NO3S/c1-2-22-15(21)11-14(20)17-16(12-7-4-3-5-8-12)13-9-6-10-19-18(13)23-17/h3-10H,2,11H2,1H3. The number of Topliss-reactive ketones (excluding diaryl/α,β-unsaturated/α-hetero) is 1. The molecule has 0 saturated heterocycles. The number of rotatable bonds is 5. The van der Waals surface area contributed by atoms with Gasteiger partial charge in [0, 0.05) is 17.1 Å². The second-order valence-electron chi connectivity index (χ2n) is 4.93. The van der Waals surface area contributed by atoms with Crippen molar-refractivity contribution < 1.29 is 14.3 Å². The van der Waals surface area contributed by atoms with Gasteiger partial charge in [-0.25, -0.2) is 4.98 Å². The van der Waals surface area contributed by atoms with Crippen LogP contribution in [0.2, 0.25) is 0 Å². The molecule has 0 N–H and O–H groups in total. The van der Waals surface area contributed by atoms with E-state index in [9.17, 15) is 9.59 Å². The minimum absolute atomic E-state index is 0.231. The van der Waals surface area contributed by atoms with Gasteiger partial charge in [0.05, 0.1) is 11.5 Å². The minimum Gasteiger partial charge on any atom is -0.466 e. The number of esters is 1. The smallest absolute Gasteiger partial charge is 0.313 e. The van der Waals surface area contributed by atoms with E-state index in [1.165, 1.54) is 11.3 Å². The quantitative estimate of drug-likeness (QED) is 0.402. The highest BCUT2D eigenvalue weighted by molar-refractivity contribution is 7.21. The first-order valence-corrected chi connectivity index (χ1v) is 8.14. The van der Waals surface area contributed by atoms with E-state index in [2.05, 4.69) is 4.98 Å². The Morgan fingerprint density at radius 3 is 2.65 bits per heavy atom. The van der Waals surface area contributed by atoms with Crippen molar-refractivity contribution in [3.8, 4) is 11.1 Å². The average Bonchev–Trinajstić information content (AvgIpc) is 2.95. The summed E-state index contributed by atoms with van der Waals surface area (Å²) in [5.74, 6) is -0.729. The molecule has 0 aliphatic heterocycles. The molecule has 2 aromatic heterocycles. The van der Waals surface area contributed by atoms with E-state index in [0.717, 1.165) is 21.3 Å². The molecule has 0 amide bonds. The fraction of sp³-hybridized carbons (Fsp3) is 0.167. The molecule has 0 bridgehead atoms. The predicted octanol–water partition coefficient (Wildman–Crippen LogP) is 4.10. The second kappa shape index (κ2) is 6.71. The molecule has 2 heterocycles. The number of carbonyl (C=O) groups is 2. The fourth-order valence-corrected chi connectivity index (χ4v) is 3.55. The van der Waals surface area contributed by atoms with E-state index in [1.54, 1.807) is 13.1 Å². The lowest BCUT2D eigenvalue weighted by Crippen LogP contribution is -2.11. The molecule has 0 aliphatic rings. The highest BCUT2D eigenvalue weighted by Crippen LogP contribution is 2.38. The van der Waals surface area contributed by atoms with Crippen molar-refractivity contribution in [3.63, 3.8) is 0 Å². The van der Waals surface area contributed by atoms with E-state index in [0.29, 0.717) is 4.88 Å². The number of thiophene rings is 1. The average molecular weight is 325 g/mol. The molecule has 5 heteroatoms. The lowest BCUT2D eigenvalue weighted by molar-refractivity contribution is -0.141. The zero-order valence-electron chi connectivity index (χ0n) is 12.6. The third-order valence-corrected chi connectivity index (χ3v) is 4.55. The number of fused-ring (bicyclic) bond motifs is 1. The summed E-state index contributed by atoms with van der Waals surface area (Å²) < 4.78 is 4.88. The number of carbonyl (C=O) groups excluding carboxylic acids is 2. The van der Waals surface area contributed by atoms with Crippen LogP contribution < -0.4 is 0 Å². The molecule has 0 unspecified atom stereocenters.